The third kappa shape index (κ3) is 4.55. The summed E-state index contributed by atoms with van der Waals surface area (Å²) in [4.78, 5) is 34.0. The topological polar surface area (TPSA) is 95.5 Å². The van der Waals surface area contributed by atoms with Crippen molar-refractivity contribution in [1.82, 2.24) is 5.32 Å². The van der Waals surface area contributed by atoms with Gasteiger partial charge in [-0.2, -0.15) is 0 Å². The van der Waals surface area contributed by atoms with E-state index in [1.54, 1.807) is 24.3 Å². The van der Waals surface area contributed by atoms with Gasteiger partial charge in [0.25, 0.3) is 0 Å². The van der Waals surface area contributed by atoms with E-state index in [1.165, 1.54) is 13.8 Å². The third-order valence-corrected chi connectivity index (χ3v) is 2.89. The quantitative estimate of drug-likeness (QED) is 0.795. The Bertz CT molecular complexity index is 543. The Labute approximate surface area is 121 Å². The molecule has 0 unspecified atom stereocenters. The van der Waals surface area contributed by atoms with Crippen LogP contribution in [0.15, 0.2) is 24.3 Å². The second-order valence-corrected chi connectivity index (χ2v) is 5.26. The fourth-order valence-corrected chi connectivity index (χ4v) is 1.55. The maximum Gasteiger partial charge on any atom is 0.325 e. The SMILES string of the molecule is CC(C)(CC(=O)NC(=O)Nc1ccccc1Cl)C(=O)O. The minimum atomic E-state index is -1.24. The zero-order valence-corrected chi connectivity index (χ0v) is 11.8. The minimum absolute atomic E-state index is 0.307. The first-order valence-electron chi connectivity index (χ1n) is 5.81. The van der Waals surface area contributed by atoms with Gasteiger partial charge in [0.15, 0.2) is 0 Å². The first-order valence-corrected chi connectivity index (χ1v) is 6.19. The lowest BCUT2D eigenvalue weighted by Gasteiger charge is -2.17. The van der Waals surface area contributed by atoms with Crippen LogP contribution in [0, 0.1) is 5.41 Å². The van der Waals surface area contributed by atoms with Crippen LogP contribution >= 0.6 is 11.6 Å². The van der Waals surface area contributed by atoms with E-state index >= 15 is 0 Å². The molecule has 0 heterocycles. The molecule has 0 aliphatic heterocycles. The zero-order chi connectivity index (χ0) is 15.3. The maximum atomic E-state index is 11.6. The van der Waals surface area contributed by atoms with Gasteiger partial charge in [-0.15, -0.1) is 0 Å². The Morgan fingerprint density at radius 1 is 1.25 bits per heavy atom. The third-order valence-electron chi connectivity index (χ3n) is 2.56. The molecule has 0 spiro atoms. The van der Waals surface area contributed by atoms with E-state index in [1.807, 2.05) is 0 Å². The molecule has 7 heteroatoms. The normalized spacial score (nSPS) is 10.8. The van der Waals surface area contributed by atoms with Crippen LogP contribution in [0.4, 0.5) is 10.5 Å². The van der Waals surface area contributed by atoms with Crippen LogP contribution < -0.4 is 10.6 Å². The van der Waals surface area contributed by atoms with Crippen molar-refractivity contribution in [3.05, 3.63) is 29.3 Å². The van der Waals surface area contributed by atoms with Crippen LogP contribution in [-0.2, 0) is 9.59 Å². The average Bonchev–Trinajstić information content (AvgIpc) is 2.30. The van der Waals surface area contributed by atoms with E-state index in [4.69, 9.17) is 16.7 Å². The van der Waals surface area contributed by atoms with Gasteiger partial charge < -0.3 is 10.4 Å². The number of imide groups is 1. The monoisotopic (exact) mass is 298 g/mol. The van der Waals surface area contributed by atoms with E-state index in [9.17, 15) is 14.4 Å². The van der Waals surface area contributed by atoms with Gasteiger partial charge in [0, 0.05) is 6.42 Å². The fourth-order valence-electron chi connectivity index (χ4n) is 1.36. The summed E-state index contributed by atoms with van der Waals surface area (Å²) in [5.41, 5.74) is -0.883. The second-order valence-electron chi connectivity index (χ2n) is 4.85. The molecule has 0 aliphatic carbocycles. The van der Waals surface area contributed by atoms with Crippen molar-refractivity contribution in [2.24, 2.45) is 5.41 Å². The summed E-state index contributed by atoms with van der Waals surface area (Å²) in [6.07, 6.45) is -0.307. The Hall–Kier alpha value is -2.08. The van der Waals surface area contributed by atoms with Crippen molar-refractivity contribution in [2.75, 3.05) is 5.32 Å². The summed E-state index contributed by atoms with van der Waals surface area (Å²) < 4.78 is 0. The summed E-state index contributed by atoms with van der Waals surface area (Å²) in [5.74, 6) is -1.79. The Morgan fingerprint density at radius 2 is 1.85 bits per heavy atom. The van der Waals surface area contributed by atoms with Gasteiger partial charge in [-0.05, 0) is 26.0 Å². The lowest BCUT2D eigenvalue weighted by molar-refractivity contribution is -0.149. The van der Waals surface area contributed by atoms with E-state index in [0.717, 1.165) is 0 Å². The minimum Gasteiger partial charge on any atom is -0.481 e. The Balaban J connectivity index is 2.57. The van der Waals surface area contributed by atoms with Crippen molar-refractivity contribution in [3.8, 4) is 0 Å². The second kappa shape index (κ2) is 6.38. The van der Waals surface area contributed by atoms with E-state index in [0.29, 0.717) is 10.7 Å². The molecule has 0 radical (unpaired) electrons. The number of nitrogens with one attached hydrogen (secondary N) is 2. The van der Waals surface area contributed by atoms with Crippen molar-refractivity contribution >= 4 is 35.2 Å². The predicted octanol–water partition coefficient (Wildman–Crippen LogP) is 2.49. The summed E-state index contributed by atoms with van der Waals surface area (Å²) in [5, 5.41) is 13.7. The summed E-state index contributed by atoms with van der Waals surface area (Å²) in [6, 6.07) is 5.78. The highest BCUT2D eigenvalue weighted by Gasteiger charge is 2.30. The van der Waals surface area contributed by atoms with Crippen molar-refractivity contribution in [1.29, 1.82) is 0 Å². The molecule has 20 heavy (non-hydrogen) atoms. The lowest BCUT2D eigenvalue weighted by atomic mass is 9.89. The molecule has 0 saturated carbocycles. The molecule has 108 valence electrons. The number of amides is 3. The number of urea groups is 1. The number of carboxylic acid groups (broad SMARTS) is 1. The average molecular weight is 299 g/mol. The first kappa shape index (κ1) is 16.0. The van der Waals surface area contributed by atoms with Gasteiger partial charge >= 0.3 is 12.0 Å². The molecular formula is C13H15ClN2O4. The molecule has 6 nitrogen and oxygen atoms in total. The molecule has 0 bridgehead atoms. The van der Waals surface area contributed by atoms with Gasteiger partial charge in [-0.1, -0.05) is 23.7 Å². The number of hydrogen-bond acceptors (Lipinski definition) is 3. The van der Waals surface area contributed by atoms with Crippen LogP contribution in [0.25, 0.3) is 0 Å². The molecule has 0 aliphatic rings. The van der Waals surface area contributed by atoms with Crippen LogP contribution in [0.1, 0.15) is 20.3 Å². The standard InChI is InChI=1S/C13H15ClN2O4/c1-13(2,11(18)19)7-10(17)16-12(20)15-9-6-4-3-5-8(9)14/h3-6H,7H2,1-2H3,(H,18,19)(H2,15,16,17,20). The lowest BCUT2D eigenvalue weighted by Crippen LogP contribution is -2.38. The number of para-hydroxylation sites is 1. The smallest absolute Gasteiger partial charge is 0.325 e. The van der Waals surface area contributed by atoms with Gasteiger partial charge in [0.1, 0.15) is 0 Å². The number of carbonyl (C=O) groups is 3. The summed E-state index contributed by atoms with van der Waals surface area (Å²) in [6.45, 7) is 2.81. The van der Waals surface area contributed by atoms with Crippen LogP contribution in [0.2, 0.25) is 5.02 Å². The summed E-state index contributed by atoms with van der Waals surface area (Å²) in [7, 11) is 0. The molecule has 0 aromatic heterocycles. The van der Waals surface area contributed by atoms with Crippen LogP contribution in [0.3, 0.4) is 0 Å². The molecule has 0 fully saturated rings. The molecule has 1 aromatic carbocycles. The van der Waals surface area contributed by atoms with Gasteiger partial charge in [-0.3, -0.25) is 14.9 Å². The fraction of sp³-hybridized carbons (Fsp3) is 0.308. The number of anilines is 1. The molecule has 1 rings (SSSR count). The van der Waals surface area contributed by atoms with E-state index in [2.05, 4.69) is 10.6 Å². The molecule has 3 N–H and O–H groups in total. The largest absolute Gasteiger partial charge is 0.481 e. The van der Waals surface area contributed by atoms with E-state index < -0.39 is 23.3 Å². The first-order chi connectivity index (χ1) is 9.22. The summed E-state index contributed by atoms with van der Waals surface area (Å²) >= 11 is 5.85. The van der Waals surface area contributed by atoms with Crippen LogP contribution in [0.5, 0.6) is 0 Å². The maximum absolute atomic E-state index is 11.6. The molecule has 0 atom stereocenters. The number of aliphatic carboxylic acids is 1. The zero-order valence-electron chi connectivity index (χ0n) is 11.1. The Morgan fingerprint density at radius 3 is 2.40 bits per heavy atom. The number of benzene rings is 1. The van der Waals surface area contributed by atoms with Crippen LogP contribution in [-0.4, -0.2) is 23.0 Å². The number of hydrogen-bond donors (Lipinski definition) is 3. The number of rotatable bonds is 4. The number of carbonyl (C=O) groups excluding carboxylic acids is 2. The molecule has 1 aromatic rings. The number of halogens is 1. The van der Waals surface area contributed by atoms with Crippen molar-refractivity contribution < 1.29 is 19.5 Å². The highest BCUT2D eigenvalue weighted by atomic mass is 35.5. The molecule has 3 amide bonds. The van der Waals surface area contributed by atoms with Gasteiger partial charge in [-0.25, -0.2) is 4.79 Å². The van der Waals surface area contributed by atoms with Crippen molar-refractivity contribution in [3.63, 3.8) is 0 Å². The molecule has 0 saturated heterocycles. The van der Waals surface area contributed by atoms with E-state index in [-0.39, 0.29) is 6.42 Å². The predicted molar refractivity (Wildman–Crippen MR) is 74.6 cm³/mol. The van der Waals surface area contributed by atoms with Gasteiger partial charge in [0.05, 0.1) is 16.1 Å². The van der Waals surface area contributed by atoms with Crippen molar-refractivity contribution in [2.45, 2.75) is 20.3 Å². The highest BCUT2D eigenvalue weighted by Crippen LogP contribution is 2.21. The number of carboxylic acids is 1. The highest BCUT2D eigenvalue weighted by molar-refractivity contribution is 6.33. The molecular weight excluding hydrogens is 284 g/mol. The Kier molecular flexibility index (Phi) is 5.10. The van der Waals surface area contributed by atoms with Gasteiger partial charge in [0.2, 0.25) is 5.91 Å².